The number of methoxy groups -OCH3 is 1. The Balaban J connectivity index is 1.54. The van der Waals surface area contributed by atoms with Crippen LogP contribution in [-0.2, 0) is 0 Å². The number of benzene rings is 1. The van der Waals surface area contributed by atoms with E-state index < -0.39 is 0 Å². The van der Waals surface area contributed by atoms with Crippen molar-refractivity contribution in [3.05, 3.63) is 35.9 Å². The van der Waals surface area contributed by atoms with E-state index in [4.69, 9.17) is 4.74 Å². The predicted molar refractivity (Wildman–Crippen MR) is 99.6 cm³/mol. The summed E-state index contributed by atoms with van der Waals surface area (Å²) in [6.07, 6.45) is 4.68. The molecule has 0 bridgehead atoms. The van der Waals surface area contributed by atoms with Gasteiger partial charge in [-0.3, -0.25) is 4.99 Å². The van der Waals surface area contributed by atoms with E-state index in [1.165, 1.54) is 30.6 Å². The van der Waals surface area contributed by atoms with Crippen molar-refractivity contribution >= 4 is 11.5 Å². The molecule has 0 radical (unpaired) electrons. The monoisotopic (exact) mass is 328 g/mol. The Kier molecular flexibility index (Phi) is 5.75. The Morgan fingerprint density at radius 1 is 1.29 bits per heavy atom. The maximum Gasteiger partial charge on any atom is 0.193 e. The molecule has 3 rings (SSSR count). The molecule has 24 heavy (non-hydrogen) atoms. The van der Waals surface area contributed by atoms with Crippen molar-refractivity contribution in [3.8, 4) is 5.75 Å². The molecule has 0 atom stereocenters. The van der Waals surface area contributed by atoms with Crippen molar-refractivity contribution in [1.29, 1.82) is 0 Å². The van der Waals surface area contributed by atoms with Crippen molar-refractivity contribution in [2.24, 2.45) is 4.99 Å². The molecule has 1 aromatic carbocycles. The van der Waals surface area contributed by atoms with Crippen LogP contribution < -0.4 is 10.1 Å². The molecule has 1 aromatic rings. The number of nitrogens with zero attached hydrogens (tertiary/aromatic N) is 3. The van der Waals surface area contributed by atoms with Gasteiger partial charge in [-0.15, -0.1) is 0 Å². The highest BCUT2D eigenvalue weighted by molar-refractivity contribution is 5.81. The highest BCUT2D eigenvalue weighted by Gasteiger charge is 2.17. The summed E-state index contributed by atoms with van der Waals surface area (Å²) in [5.74, 6) is 1.93. The fraction of sp³-hybridized carbons (Fsp3) is 0.526. The smallest absolute Gasteiger partial charge is 0.193 e. The minimum atomic E-state index is 0.899. The van der Waals surface area contributed by atoms with Gasteiger partial charge in [-0.1, -0.05) is 18.2 Å². The summed E-state index contributed by atoms with van der Waals surface area (Å²) in [6.45, 7) is 6.46. The Labute approximate surface area is 145 Å². The average molecular weight is 328 g/mol. The fourth-order valence-electron chi connectivity index (χ4n) is 3.21. The second kappa shape index (κ2) is 8.20. The first-order chi connectivity index (χ1) is 11.8. The second-order valence-corrected chi connectivity index (χ2v) is 6.33. The lowest BCUT2D eigenvalue weighted by atomic mass is 9.99. The van der Waals surface area contributed by atoms with E-state index in [2.05, 4.69) is 44.4 Å². The lowest BCUT2D eigenvalue weighted by molar-refractivity contribution is 0.184. The van der Waals surface area contributed by atoms with Gasteiger partial charge in [0.05, 0.1) is 7.11 Å². The molecule has 1 N–H and O–H groups in total. The number of hydrogen-bond acceptors (Lipinski definition) is 3. The summed E-state index contributed by atoms with van der Waals surface area (Å²) in [4.78, 5) is 9.23. The number of guanidine groups is 1. The molecule has 0 unspecified atom stereocenters. The quantitative estimate of drug-likeness (QED) is 0.663. The molecule has 0 saturated carbocycles. The van der Waals surface area contributed by atoms with Crippen molar-refractivity contribution in [2.45, 2.75) is 12.8 Å². The van der Waals surface area contributed by atoms with E-state index >= 15 is 0 Å². The van der Waals surface area contributed by atoms with Gasteiger partial charge in [0.25, 0.3) is 0 Å². The highest BCUT2D eigenvalue weighted by Crippen LogP contribution is 2.25. The van der Waals surface area contributed by atoms with E-state index in [1.807, 2.05) is 13.1 Å². The van der Waals surface area contributed by atoms with Gasteiger partial charge >= 0.3 is 0 Å². The van der Waals surface area contributed by atoms with Crippen molar-refractivity contribution in [3.63, 3.8) is 0 Å². The van der Waals surface area contributed by atoms with Crippen LogP contribution in [0.25, 0.3) is 5.57 Å². The third-order valence-electron chi connectivity index (χ3n) is 4.82. The third kappa shape index (κ3) is 4.09. The largest absolute Gasteiger partial charge is 0.497 e. The Hall–Kier alpha value is -2.01. The van der Waals surface area contributed by atoms with Gasteiger partial charge in [-0.25, -0.2) is 0 Å². The minimum Gasteiger partial charge on any atom is -0.497 e. The first-order valence-electron chi connectivity index (χ1n) is 8.81. The Bertz CT molecular complexity index is 607. The summed E-state index contributed by atoms with van der Waals surface area (Å²) in [5.41, 5.74) is 2.65. The van der Waals surface area contributed by atoms with Crippen LogP contribution in [0, 0.1) is 0 Å². The molecule has 130 valence electrons. The number of likely N-dealkylation sites (tertiary alicyclic amines) is 1. The van der Waals surface area contributed by atoms with Gasteiger partial charge in [0.2, 0.25) is 0 Å². The van der Waals surface area contributed by atoms with Crippen LogP contribution in [0.4, 0.5) is 0 Å². The van der Waals surface area contributed by atoms with Gasteiger partial charge in [0.1, 0.15) is 5.75 Å². The van der Waals surface area contributed by atoms with Crippen LogP contribution >= 0.6 is 0 Å². The lowest BCUT2D eigenvalue weighted by Gasteiger charge is -2.33. The zero-order chi connectivity index (χ0) is 16.8. The molecule has 0 aliphatic carbocycles. The van der Waals surface area contributed by atoms with Crippen LogP contribution in [0.3, 0.4) is 0 Å². The van der Waals surface area contributed by atoms with Crippen LogP contribution in [0.15, 0.2) is 35.3 Å². The van der Waals surface area contributed by atoms with Gasteiger partial charge in [-0.05, 0) is 49.2 Å². The molecule has 2 aliphatic rings. The Morgan fingerprint density at radius 3 is 2.79 bits per heavy atom. The fourth-order valence-corrected chi connectivity index (χ4v) is 3.21. The molecule has 1 saturated heterocycles. The zero-order valence-electron chi connectivity index (χ0n) is 14.8. The van der Waals surface area contributed by atoms with E-state index in [-0.39, 0.29) is 0 Å². The number of rotatable bonds is 5. The third-order valence-corrected chi connectivity index (χ3v) is 4.82. The number of ether oxygens (including phenoxy) is 1. The highest BCUT2D eigenvalue weighted by atomic mass is 16.5. The molecule has 2 aliphatic heterocycles. The van der Waals surface area contributed by atoms with Gasteiger partial charge in [0.15, 0.2) is 5.96 Å². The lowest BCUT2D eigenvalue weighted by Crippen LogP contribution is -2.47. The molecule has 0 amide bonds. The van der Waals surface area contributed by atoms with Crippen LogP contribution in [0.2, 0.25) is 0 Å². The molecule has 0 aromatic heterocycles. The maximum absolute atomic E-state index is 5.33. The van der Waals surface area contributed by atoms with Crippen LogP contribution in [0.1, 0.15) is 18.4 Å². The first-order valence-corrected chi connectivity index (χ1v) is 8.81. The average Bonchev–Trinajstić information content (AvgIpc) is 2.60. The van der Waals surface area contributed by atoms with Gasteiger partial charge in [-0.2, -0.15) is 0 Å². The van der Waals surface area contributed by atoms with Crippen LogP contribution in [0.5, 0.6) is 5.75 Å². The minimum absolute atomic E-state index is 0.899. The molecule has 1 fully saturated rings. The summed E-state index contributed by atoms with van der Waals surface area (Å²) in [6, 6.07) is 8.31. The normalized spacial score (nSPS) is 18.8. The van der Waals surface area contributed by atoms with Gasteiger partial charge in [0, 0.05) is 33.2 Å². The molecule has 5 nitrogen and oxygen atoms in total. The van der Waals surface area contributed by atoms with E-state index in [0.717, 1.165) is 44.3 Å². The van der Waals surface area contributed by atoms with Crippen molar-refractivity contribution in [2.75, 3.05) is 53.4 Å². The molecule has 5 heteroatoms. The SMILES string of the molecule is CN=C(NCCN1CCC1)N1CC=C(c2cccc(OC)c2)CC1. The summed E-state index contributed by atoms with van der Waals surface area (Å²) in [5, 5.41) is 3.50. The molecule has 2 heterocycles. The van der Waals surface area contributed by atoms with Crippen molar-refractivity contribution < 1.29 is 4.74 Å². The summed E-state index contributed by atoms with van der Waals surface area (Å²) in [7, 11) is 3.58. The molecular weight excluding hydrogens is 300 g/mol. The zero-order valence-corrected chi connectivity index (χ0v) is 14.8. The summed E-state index contributed by atoms with van der Waals surface area (Å²) >= 11 is 0. The molecular formula is C19H28N4O. The van der Waals surface area contributed by atoms with E-state index in [0.29, 0.717) is 0 Å². The van der Waals surface area contributed by atoms with E-state index in [1.54, 1.807) is 7.11 Å². The van der Waals surface area contributed by atoms with E-state index in [9.17, 15) is 0 Å². The number of aliphatic imine (C=N–C) groups is 1. The second-order valence-electron chi connectivity index (χ2n) is 6.33. The standard InChI is InChI=1S/C19H28N4O/c1-20-19(21-9-14-22-10-4-11-22)23-12-7-16(8-13-23)17-5-3-6-18(15-17)24-2/h3,5-7,15H,4,8-14H2,1-2H3,(H,20,21). The van der Waals surface area contributed by atoms with Crippen LogP contribution in [-0.4, -0.2) is 69.2 Å². The van der Waals surface area contributed by atoms with Crippen molar-refractivity contribution in [1.82, 2.24) is 15.1 Å². The topological polar surface area (TPSA) is 40.1 Å². The Morgan fingerprint density at radius 2 is 2.17 bits per heavy atom. The maximum atomic E-state index is 5.33. The molecule has 0 spiro atoms. The first kappa shape index (κ1) is 16.8. The summed E-state index contributed by atoms with van der Waals surface area (Å²) < 4.78 is 5.33. The number of hydrogen-bond donors (Lipinski definition) is 1. The number of nitrogens with one attached hydrogen (secondary N) is 1. The van der Waals surface area contributed by atoms with Gasteiger partial charge < -0.3 is 19.9 Å². The predicted octanol–water partition coefficient (Wildman–Crippen LogP) is 2.07.